The fourth-order valence-corrected chi connectivity index (χ4v) is 3.37. The molecule has 7 heteroatoms. The van der Waals surface area contributed by atoms with Crippen molar-refractivity contribution in [1.82, 2.24) is 9.63 Å². The summed E-state index contributed by atoms with van der Waals surface area (Å²) in [4.78, 5) is 30.4. The maximum atomic E-state index is 12.7. The van der Waals surface area contributed by atoms with E-state index in [0.29, 0.717) is 17.2 Å². The number of fused-ring (bicyclic) bond motifs is 3. The van der Waals surface area contributed by atoms with Crippen molar-refractivity contribution in [1.29, 1.82) is 0 Å². The number of methoxy groups -OCH3 is 1. The Morgan fingerprint density at radius 2 is 1.81 bits per heavy atom. The van der Waals surface area contributed by atoms with Gasteiger partial charge in [0.05, 0.1) is 26.2 Å². The van der Waals surface area contributed by atoms with E-state index in [4.69, 9.17) is 14.3 Å². The fourth-order valence-electron chi connectivity index (χ4n) is 3.37. The Bertz CT molecular complexity index is 1010. The Labute approximate surface area is 155 Å². The van der Waals surface area contributed by atoms with Gasteiger partial charge in [0.1, 0.15) is 23.4 Å². The second kappa shape index (κ2) is 6.77. The van der Waals surface area contributed by atoms with Crippen LogP contribution in [-0.2, 0) is 9.63 Å². The molecule has 0 saturated heterocycles. The molecule has 0 saturated carbocycles. The Morgan fingerprint density at radius 1 is 1.04 bits per heavy atom. The molecule has 0 bridgehead atoms. The van der Waals surface area contributed by atoms with Crippen molar-refractivity contribution in [3.8, 4) is 11.5 Å². The summed E-state index contributed by atoms with van der Waals surface area (Å²) < 4.78 is 12.4. The van der Waals surface area contributed by atoms with Gasteiger partial charge in [0.15, 0.2) is 0 Å². The summed E-state index contributed by atoms with van der Waals surface area (Å²) in [5.74, 6) is 0.399. The van der Waals surface area contributed by atoms with E-state index < -0.39 is 12.1 Å². The molecule has 0 N–H and O–H groups in total. The summed E-state index contributed by atoms with van der Waals surface area (Å²) >= 11 is 0. The van der Waals surface area contributed by atoms with Gasteiger partial charge in [-0.2, -0.15) is 5.06 Å². The second-order valence-electron chi connectivity index (χ2n) is 6.11. The van der Waals surface area contributed by atoms with E-state index in [1.54, 1.807) is 42.0 Å². The summed E-state index contributed by atoms with van der Waals surface area (Å²) in [7, 11) is 3.00. The number of para-hydroxylation sites is 1. The van der Waals surface area contributed by atoms with Crippen LogP contribution in [0.1, 0.15) is 23.1 Å². The van der Waals surface area contributed by atoms with Crippen molar-refractivity contribution < 1.29 is 23.9 Å². The first-order valence-electron chi connectivity index (χ1n) is 8.44. The van der Waals surface area contributed by atoms with E-state index >= 15 is 0 Å². The van der Waals surface area contributed by atoms with E-state index in [0.717, 1.165) is 10.9 Å². The Hall–Kier alpha value is -3.32. The van der Waals surface area contributed by atoms with Gasteiger partial charge in [-0.05, 0) is 36.4 Å². The maximum Gasteiger partial charge on any atom is 0.315 e. The lowest BCUT2D eigenvalue weighted by atomic mass is 10.2. The quantitative estimate of drug-likeness (QED) is 0.512. The van der Waals surface area contributed by atoms with Crippen LogP contribution in [0.25, 0.3) is 10.9 Å². The number of nitrogens with zero attached hydrogens (tertiary/aromatic N) is 2. The largest absolute Gasteiger partial charge is 0.497 e. The molecule has 1 atom stereocenters. The summed E-state index contributed by atoms with van der Waals surface area (Å²) in [6, 6.07) is 16.1. The van der Waals surface area contributed by atoms with Crippen molar-refractivity contribution in [3.05, 3.63) is 60.3 Å². The van der Waals surface area contributed by atoms with Crippen LogP contribution >= 0.6 is 0 Å². The molecule has 138 valence electrons. The molecule has 1 aliphatic heterocycles. The van der Waals surface area contributed by atoms with Gasteiger partial charge < -0.3 is 14.0 Å². The van der Waals surface area contributed by atoms with Gasteiger partial charge in [-0.3, -0.25) is 14.4 Å². The van der Waals surface area contributed by atoms with Gasteiger partial charge in [0, 0.05) is 5.39 Å². The molecule has 2 heterocycles. The van der Waals surface area contributed by atoms with Crippen LogP contribution in [-0.4, -0.2) is 35.7 Å². The van der Waals surface area contributed by atoms with E-state index in [1.807, 2.05) is 24.3 Å². The van der Waals surface area contributed by atoms with Crippen LogP contribution in [0.15, 0.2) is 54.6 Å². The highest BCUT2D eigenvalue weighted by Gasteiger charge is 2.40. The molecule has 1 aliphatic rings. The van der Waals surface area contributed by atoms with Crippen LogP contribution in [0.4, 0.5) is 0 Å². The van der Waals surface area contributed by atoms with Crippen LogP contribution in [0, 0.1) is 0 Å². The number of ether oxygens (including phenoxy) is 2. The van der Waals surface area contributed by atoms with E-state index in [1.165, 1.54) is 12.2 Å². The van der Waals surface area contributed by atoms with Gasteiger partial charge in [-0.1, -0.05) is 18.2 Å². The van der Waals surface area contributed by atoms with Crippen molar-refractivity contribution in [2.75, 3.05) is 14.2 Å². The molecule has 2 aromatic carbocycles. The average Bonchev–Trinajstić information content (AvgIpc) is 3.17. The molecule has 3 aromatic rings. The van der Waals surface area contributed by atoms with Crippen LogP contribution in [0.3, 0.4) is 0 Å². The molecule has 0 spiro atoms. The number of hydrogen-bond donors (Lipinski definition) is 0. The van der Waals surface area contributed by atoms with E-state index in [2.05, 4.69) is 0 Å². The number of hydroxylamine groups is 2. The number of rotatable bonds is 5. The zero-order chi connectivity index (χ0) is 19.0. The van der Waals surface area contributed by atoms with Crippen LogP contribution in [0.2, 0.25) is 0 Å². The van der Waals surface area contributed by atoms with Crippen molar-refractivity contribution in [3.63, 3.8) is 0 Å². The average molecular weight is 366 g/mol. The lowest BCUT2D eigenvalue weighted by molar-refractivity contribution is -0.151. The number of hydrogen-bond acceptors (Lipinski definition) is 5. The van der Waals surface area contributed by atoms with Gasteiger partial charge in [-0.15, -0.1) is 0 Å². The molecular weight excluding hydrogens is 348 g/mol. The molecule has 1 amide bonds. The third-order valence-corrected chi connectivity index (χ3v) is 4.55. The number of esters is 1. The highest BCUT2D eigenvalue weighted by Crippen LogP contribution is 2.36. The molecule has 27 heavy (non-hydrogen) atoms. The SMILES string of the molecule is COc1ccc2c(c1)cc1n2C(CC(=O)Oc2ccccc2)N(OC)C1=O. The maximum absolute atomic E-state index is 12.7. The predicted molar refractivity (Wildman–Crippen MR) is 97.4 cm³/mol. The zero-order valence-corrected chi connectivity index (χ0v) is 14.9. The Kier molecular flexibility index (Phi) is 4.29. The number of carbonyl (C=O) groups is 2. The summed E-state index contributed by atoms with van der Waals surface area (Å²) in [5, 5.41) is 2.06. The molecule has 1 unspecified atom stereocenters. The first-order chi connectivity index (χ1) is 13.1. The second-order valence-corrected chi connectivity index (χ2v) is 6.11. The minimum atomic E-state index is -0.625. The van der Waals surface area contributed by atoms with Gasteiger partial charge in [-0.25, -0.2) is 0 Å². The lowest BCUT2D eigenvalue weighted by Crippen LogP contribution is -2.31. The lowest BCUT2D eigenvalue weighted by Gasteiger charge is -2.23. The van der Waals surface area contributed by atoms with Gasteiger partial charge in [0.2, 0.25) is 0 Å². The molecule has 7 nitrogen and oxygen atoms in total. The highest BCUT2D eigenvalue weighted by atomic mass is 16.7. The van der Waals surface area contributed by atoms with Crippen molar-refractivity contribution >= 4 is 22.8 Å². The molecule has 0 aliphatic carbocycles. The van der Waals surface area contributed by atoms with Crippen molar-refractivity contribution in [2.45, 2.75) is 12.6 Å². The molecular formula is C20H18N2O5. The molecule has 4 rings (SSSR count). The Balaban J connectivity index is 1.68. The van der Waals surface area contributed by atoms with E-state index in [9.17, 15) is 9.59 Å². The topological polar surface area (TPSA) is 70.0 Å². The van der Waals surface area contributed by atoms with Gasteiger partial charge >= 0.3 is 5.97 Å². The zero-order valence-electron chi connectivity index (χ0n) is 14.9. The number of amides is 1. The Morgan fingerprint density at radius 3 is 2.52 bits per heavy atom. The van der Waals surface area contributed by atoms with Crippen LogP contribution < -0.4 is 9.47 Å². The fraction of sp³-hybridized carbons (Fsp3) is 0.200. The third kappa shape index (κ3) is 2.92. The first-order valence-corrected chi connectivity index (χ1v) is 8.44. The number of carbonyl (C=O) groups excluding carboxylic acids is 2. The summed E-state index contributed by atoms with van der Waals surface area (Å²) in [6.07, 6.45) is -0.670. The van der Waals surface area contributed by atoms with Crippen LogP contribution in [0.5, 0.6) is 11.5 Å². The standard InChI is InChI=1S/C20H18N2O5/c1-25-15-8-9-16-13(10-15)11-17-20(24)22(26-2)18(21(16)17)12-19(23)27-14-6-4-3-5-7-14/h3-11,18H,12H2,1-2H3. The first kappa shape index (κ1) is 17.1. The molecule has 0 fully saturated rings. The normalized spacial score (nSPS) is 15.9. The number of benzene rings is 2. The predicted octanol–water partition coefficient (Wildman–Crippen LogP) is 3.16. The summed E-state index contributed by atoms with van der Waals surface area (Å²) in [5.41, 5.74) is 1.27. The van der Waals surface area contributed by atoms with Crippen molar-refractivity contribution in [2.24, 2.45) is 0 Å². The summed E-state index contributed by atoms with van der Waals surface area (Å²) in [6.45, 7) is 0. The minimum Gasteiger partial charge on any atom is -0.497 e. The minimum absolute atomic E-state index is 0.0444. The molecule has 0 radical (unpaired) electrons. The highest BCUT2D eigenvalue weighted by molar-refractivity contribution is 6.01. The number of aromatic nitrogens is 1. The van der Waals surface area contributed by atoms with Gasteiger partial charge in [0.25, 0.3) is 5.91 Å². The van der Waals surface area contributed by atoms with E-state index in [-0.39, 0.29) is 12.3 Å². The smallest absolute Gasteiger partial charge is 0.315 e. The third-order valence-electron chi connectivity index (χ3n) is 4.55. The molecule has 1 aromatic heterocycles. The monoisotopic (exact) mass is 366 g/mol.